The first kappa shape index (κ1) is 22.0. The quantitative estimate of drug-likeness (QED) is 0.746. The number of carbonyl (C=O) groups excluding carboxylic acids is 1. The summed E-state index contributed by atoms with van der Waals surface area (Å²) in [4.78, 5) is 16.2. The lowest BCUT2D eigenvalue weighted by atomic mass is 10.1. The van der Waals surface area contributed by atoms with Crippen LogP contribution in [0, 0.1) is 0 Å². The lowest BCUT2D eigenvalue weighted by Gasteiger charge is -2.36. The topological polar surface area (TPSA) is 44.8 Å². The maximum absolute atomic E-state index is 12.9. The van der Waals surface area contributed by atoms with Crippen LogP contribution in [0.25, 0.3) is 0 Å². The van der Waals surface area contributed by atoms with Gasteiger partial charge in [0, 0.05) is 38.4 Å². The van der Waals surface area contributed by atoms with Gasteiger partial charge in [0.2, 0.25) is 5.91 Å². The summed E-state index contributed by atoms with van der Waals surface area (Å²) in [7, 11) is 1.62. The Balaban J connectivity index is 1.43. The van der Waals surface area contributed by atoms with Crippen LogP contribution in [0.3, 0.4) is 0 Å². The van der Waals surface area contributed by atoms with Crippen LogP contribution in [0.1, 0.15) is 11.1 Å². The van der Waals surface area contributed by atoms with Crippen LogP contribution in [0.5, 0.6) is 5.75 Å². The highest BCUT2D eigenvalue weighted by molar-refractivity contribution is 5.78. The minimum absolute atomic E-state index is 0.0579. The predicted molar refractivity (Wildman–Crippen MR) is 110 cm³/mol. The molecule has 0 aromatic heterocycles. The van der Waals surface area contributed by atoms with E-state index in [1.807, 2.05) is 34.1 Å². The molecule has 1 saturated heterocycles. The number of alkyl halides is 3. The number of nitrogens with zero attached hydrogens (tertiary/aromatic N) is 2. The molecule has 0 atom stereocenters. The summed E-state index contributed by atoms with van der Waals surface area (Å²) in [5.74, 6) is 0.745. The molecule has 0 spiro atoms. The normalized spacial score (nSPS) is 15.1. The molecule has 1 heterocycles. The summed E-state index contributed by atoms with van der Waals surface area (Å²) in [5, 5.41) is 2.92. The van der Waals surface area contributed by atoms with Crippen LogP contribution in [0.15, 0.2) is 48.5 Å². The van der Waals surface area contributed by atoms with Gasteiger partial charge in [-0.15, -0.1) is 0 Å². The zero-order valence-corrected chi connectivity index (χ0v) is 16.9. The van der Waals surface area contributed by atoms with Crippen molar-refractivity contribution >= 4 is 11.6 Å². The number of hydrogen-bond donors (Lipinski definition) is 1. The number of methoxy groups -OCH3 is 1. The second-order valence-electron chi connectivity index (χ2n) is 7.22. The number of piperazine rings is 1. The fraction of sp³-hybridized carbons (Fsp3) is 0.409. The number of carbonyl (C=O) groups is 1. The fourth-order valence-electron chi connectivity index (χ4n) is 3.55. The van der Waals surface area contributed by atoms with Gasteiger partial charge in [-0.05, 0) is 36.2 Å². The van der Waals surface area contributed by atoms with Gasteiger partial charge in [0.15, 0.2) is 0 Å². The molecule has 1 aliphatic heterocycles. The van der Waals surface area contributed by atoms with Crippen LogP contribution in [-0.4, -0.2) is 57.2 Å². The van der Waals surface area contributed by atoms with Gasteiger partial charge in [0.25, 0.3) is 0 Å². The minimum Gasteiger partial charge on any atom is -0.496 e. The van der Waals surface area contributed by atoms with Crippen molar-refractivity contribution in [3.05, 3.63) is 59.7 Å². The highest BCUT2D eigenvalue weighted by Crippen LogP contribution is 2.31. The summed E-state index contributed by atoms with van der Waals surface area (Å²) in [6.45, 7) is 3.20. The van der Waals surface area contributed by atoms with Crippen molar-refractivity contribution in [1.82, 2.24) is 10.2 Å². The third-order valence-electron chi connectivity index (χ3n) is 5.19. The lowest BCUT2D eigenvalue weighted by molar-refractivity contribution is -0.137. The molecule has 3 rings (SSSR count). The van der Waals surface area contributed by atoms with Crippen LogP contribution in [0.4, 0.5) is 18.9 Å². The Morgan fingerprint density at radius 1 is 1.07 bits per heavy atom. The maximum atomic E-state index is 12.9. The zero-order chi connectivity index (χ0) is 21.6. The second kappa shape index (κ2) is 9.84. The summed E-state index contributed by atoms with van der Waals surface area (Å²) in [6, 6.07) is 13.1. The van der Waals surface area contributed by atoms with Gasteiger partial charge < -0.3 is 15.0 Å². The Kier molecular flexibility index (Phi) is 7.20. The molecule has 1 fully saturated rings. The predicted octanol–water partition coefficient (Wildman–Crippen LogP) is 3.19. The second-order valence-corrected chi connectivity index (χ2v) is 7.22. The number of ether oxygens (including phenoxy) is 1. The highest BCUT2D eigenvalue weighted by atomic mass is 19.4. The molecular weight excluding hydrogens is 395 g/mol. The van der Waals surface area contributed by atoms with Crippen molar-refractivity contribution in [2.75, 3.05) is 51.3 Å². The number of para-hydroxylation sites is 1. The van der Waals surface area contributed by atoms with Crippen LogP contribution >= 0.6 is 0 Å². The van der Waals surface area contributed by atoms with E-state index >= 15 is 0 Å². The van der Waals surface area contributed by atoms with Gasteiger partial charge in [0.1, 0.15) is 5.75 Å². The van der Waals surface area contributed by atoms with E-state index in [9.17, 15) is 18.0 Å². The lowest BCUT2D eigenvalue weighted by Crippen LogP contribution is -2.49. The molecular formula is C22H26F3N3O2. The van der Waals surface area contributed by atoms with Crippen molar-refractivity contribution in [3.63, 3.8) is 0 Å². The smallest absolute Gasteiger partial charge is 0.416 e. The Morgan fingerprint density at radius 3 is 2.50 bits per heavy atom. The standard InChI is InChI=1S/C22H26F3N3O2/c1-30-20-8-3-2-5-17(20)9-10-26-21(29)16-27-11-13-28(14-12-27)19-7-4-6-18(15-19)22(23,24)25/h2-8,15H,9-14,16H2,1H3,(H,26,29). The Bertz CT molecular complexity index is 850. The van der Waals surface area contributed by atoms with Crippen molar-refractivity contribution in [2.24, 2.45) is 0 Å². The number of rotatable bonds is 7. The van der Waals surface area contributed by atoms with Gasteiger partial charge in [-0.3, -0.25) is 9.69 Å². The average molecular weight is 421 g/mol. The molecule has 1 N–H and O–H groups in total. The number of anilines is 1. The number of benzene rings is 2. The van der Waals surface area contributed by atoms with Gasteiger partial charge in [0.05, 0.1) is 19.2 Å². The molecule has 8 heteroatoms. The zero-order valence-electron chi connectivity index (χ0n) is 16.9. The monoisotopic (exact) mass is 421 g/mol. The molecule has 1 aliphatic rings. The van der Waals surface area contributed by atoms with E-state index in [0.29, 0.717) is 44.8 Å². The summed E-state index contributed by atoms with van der Waals surface area (Å²) in [6.07, 6.45) is -3.67. The first-order valence-corrected chi connectivity index (χ1v) is 9.90. The molecule has 0 radical (unpaired) electrons. The summed E-state index contributed by atoms with van der Waals surface area (Å²) < 4.78 is 44.1. The Morgan fingerprint density at radius 2 is 1.80 bits per heavy atom. The van der Waals surface area contributed by atoms with E-state index in [-0.39, 0.29) is 12.5 Å². The van der Waals surface area contributed by atoms with Gasteiger partial charge in [-0.1, -0.05) is 24.3 Å². The fourth-order valence-corrected chi connectivity index (χ4v) is 3.55. The molecule has 1 amide bonds. The molecule has 2 aromatic rings. The average Bonchev–Trinajstić information content (AvgIpc) is 2.74. The third-order valence-corrected chi connectivity index (χ3v) is 5.19. The minimum atomic E-state index is -4.35. The van der Waals surface area contributed by atoms with E-state index in [0.717, 1.165) is 17.4 Å². The summed E-state index contributed by atoms with van der Waals surface area (Å²) >= 11 is 0. The van der Waals surface area contributed by atoms with Crippen LogP contribution < -0.4 is 15.0 Å². The number of hydrogen-bond acceptors (Lipinski definition) is 4. The highest BCUT2D eigenvalue weighted by Gasteiger charge is 2.31. The molecule has 30 heavy (non-hydrogen) atoms. The van der Waals surface area contributed by atoms with Gasteiger partial charge in [-0.25, -0.2) is 0 Å². The van der Waals surface area contributed by atoms with Crippen molar-refractivity contribution in [2.45, 2.75) is 12.6 Å². The molecule has 0 bridgehead atoms. The van der Waals surface area contributed by atoms with Gasteiger partial charge >= 0.3 is 6.18 Å². The Labute approximate surface area is 174 Å². The van der Waals surface area contributed by atoms with Crippen LogP contribution in [-0.2, 0) is 17.4 Å². The first-order chi connectivity index (χ1) is 14.4. The molecule has 5 nitrogen and oxygen atoms in total. The molecule has 2 aromatic carbocycles. The largest absolute Gasteiger partial charge is 0.496 e. The third kappa shape index (κ3) is 5.89. The molecule has 0 aliphatic carbocycles. The molecule has 0 unspecified atom stereocenters. The molecule has 0 saturated carbocycles. The maximum Gasteiger partial charge on any atom is 0.416 e. The number of nitrogens with one attached hydrogen (secondary N) is 1. The number of halogens is 3. The molecule has 162 valence electrons. The van der Waals surface area contributed by atoms with Crippen molar-refractivity contribution < 1.29 is 22.7 Å². The number of amides is 1. The van der Waals surface area contributed by atoms with Crippen molar-refractivity contribution in [1.29, 1.82) is 0 Å². The van der Waals surface area contributed by atoms with E-state index < -0.39 is 11.7 Å². The first-order valence-electron chi connectivity index (χ1n) is 9.90. The Hall–Kier alpha value is -2.74. The van der Waals surface area contributed by atoms with E-state index in [2.05, 4.69) is 5.32 Å². The van der Waals surface area contributed by atoms with Crippen molar-refractivity contribution in [3.8, 4) is 5.75 Å². The summed E-state index contributed by atoms with van der Waals surface area (Å²) in [5.41, 5.74) is 0.956. The van der Waals surface area contributed by atoms with Crippen LogP contribution in [0.2, 0.25) is 0 Å². The van der Waals surface area contributed by atoms with Gasteiger partial charge in [-0.2, -0.15) is 13.2 Å². The van der Waals surface area contributed by atoms with E-state index in [4.69, 9.17) is 4.74 Å². The van der Waals surface area contributed by atoms with E-state index in [1.165, 1.54) is 12.1 Å². The SMILES string of the molecule is COc1ccccc1CCNC(=O)CN1CCN(c2cccc(C(F)(F)F)c2)CC1. The van der Waals surface area contributed by atoms with E-state index in [1.54, 1.807) is 13.2 Å².